The lowest BCUT2D eigenvalue weighted by atomic mass is 10.1. The van der Waals surface area contributed by atoms with Gasteiger partial charge in [0.1, 0.15) is 0 Å². The molecule has 0 saturated carbocycles. The quantitative estimate of drug-likeness (QED) is 0.780. The number of anilines is 2. The SMILES string of the molecule is O=C(NC(=S)Nc1ccccc1N1CCCCC1)c1cccc(Cl)c1. The Morgan fingerprint density at radius 1 is 1.04 bits per heavy atom. The Labute approximate surface area is 158 Å². The first-order chi connectivity index (χ1) is 12.1. The van der Waals surface area contributed by atoms with Gasteiger partial charge in [0.05, 0.1) is 11.4 Å². The van der Waals surface area contributed by atoms with Crippen molar-refractivity contribution in [1.82, 2.24) is 5.32 Å². The van der Waals surface area contributed by atoms with Gasteiger partial charge in [0.15, 0.2) is 5.11 Å². The Bertz CT molecular complexity index is 775. The van der Waals surface area contributed by atoms with Gasteiger partial charge in [0, 0.05) is 23.7 Å². The third-order valence-electron chi connectivity index (χ3n) is 4.16. The summed E-state index contributed by atoms with van der Waals surface area (Å²) < 4.78 is 0. The first-order valence-electron chi connectivity index (χ1n) is 8.35. The van der Waals surface area contributed by atoms with E-state index in [1.165, 1.54) is 19.3 Å². The van der Waals surface area contributed by atoms with E-state index in [0.717, 1.165) is 24.5 Å². The standard InChI is InChI=1S/C19H20ClN3OS/c20-15-8-6-7-14(13-15)18(24)22-19(25)21-16-9-2-3-10-17(16)23-11-4-1-5-12-23/h2-3,6-10,13H,1,4-5,11-12H2,(H2,21,22,24,25). The number of hydrogen-bond donors (Lipinski definition) is 2. The van der Waals surface area contributed by atoms with Crippen molar-refractivity contribution in [1.29, 1.82) is 0 Å². The van der Waals surface area contributed by atoms with E-state index in [-0.39, 0.29) is 11.0 Å². The van der Waals surface area contributed by atoms with Crippen LogP contribution in [0.3, 0.4) is 0 Å². The Hall–Kier alpha value is -2.11. The monoisotopic (exact) mass is 373 g/mol. The molecule has 1 saturated heterocycles. The maximum atomic E-state index is 12.3. The fourth-order valence-corrected chi connectivity index (χ4v) is 3.34. The van der Waals surface area contributed by atoms with Crippen molar-refractivity contribution >= 4 is 46.2 Å². The summed E-state index contributed by atoms with van der Waals surface area (Å²) in [5.74, 6) is -0.282. The molecule has 0 radical (unpaired) electrons. The van der Waals surface area contributed by atoms with Crippen LogP contribution in [0, 0.1) is 0 Å². The molecule has 0 spiro atoms. The second-order valence-electron chi connectivity index (χ2n) is 5.98. The lowest BCUT2D eigenvalue weighted by Crippen LogP contribution is -2.35. The van der Waals surface area contributed by atoms with E-state index in [9.17, 15) is 4.79 Å². The summed E-state index contributed by atoms with van der Waals surface area (Å²) in [6.07, 6.45) is 3.68. The van der Waals surface area contributed by atoms with Gasteiger partial charge in [-0.3, -0.25) is 10.1 Å². The minimum absolute atomic E-state index is 0.273. The number of benzene rings is 2. The molecule has 2 aromatic rings. The summed E-state index contributed by atoms with van der Waals surface area (Å²) in [4.78, 5) is 14.6. The van der Waals surface area contributed by atoms with Crippen molar-refractivity contribution in [2.45, 2.75) is 19.3 Å². The van der Waals surface area contributed by atoms with Crippen LogP contribution < -0.4 is 15.5 Å². The molecule has 2 N–H and O–H groups in total. The first-order valence-corrected chi connectivity index (χ1v) is 9.14. The van der Waals surface area contributed by atoms with E-state index in [4.69, 9.17) is 23.8 Å². The van der Waals surface area contributed by atoms with Gasteiger partial charge in [-0.2, -0.15) is 0 Å². The second kappa shape index (κ2) is 8.32. The molecule has 0 unspecified atom stereocenters. The minimum atomic E-state index is -0.282. The highest BCUT2D eigenvalue weighted by molar-refractivity contribution is 7.80. The summed E-state index contributed by atoms with van der Waals surface area (Å²) in [6.45, 7) is 2.08. The maximum Gasteiger partial charge on any atom is 0.257 e. The predicted octanol–water partition coefficient (Wildman–Crippen LogP) is 4.46. The van der Waals surface area contributed by atoms with Gasteiger partial charge >= 0.3 is 0 Å². The predicted molar refractivity (Wildman–Crippen MR) is 108 cm³/mol. The molecule has 1 fully saturated rings. The number of hydrogen-bond acceptors (Lipinski definition) is 3. The van der Waals surface area contributed by atoms with Crippen LogP contribution in [0.25, 0.3) is 0 Å². The van der Waals surface area contributed by atoms with Crippen molar-refractivity contribution < 1.29 is 4.79 Å². The van der Waals surface area contributed by atoms with Crippen molar-refractivity contribution in [3.8, 4) is 0 Å². The molecule has 1 aliphatic heterocycles. The van der Waals surface area contributed by atoms with Crippen LogP contribution in [0.2, 0.25) is 5.02 Å². The normalized spacial score (nSPS) is 14.0. The molecule has 1 aliphatic rings. The molecule has 0 bridgehead atoms. The molecule has 130 valence electrons. The van der Waals surface area contributed by atoms with Crippen molar-refractivity contribution in [3.63, 3.8) is 0 Å². The van der Waals surface area contributed by atoms with Crippen molar-refractivity contribution in [3.05, 3.63) is 59.1 Å². The summed E-state index contributed by atoms with van der Waals surface area (Å²) >= 11 is 11.2. The van der Waals surface area contributed by atoms with Gasteiger partial charge in [-0.1, -0.05) is 29.8 Å². The number of para-hydroxylation sites is 2. The Balaban J connectivity index is 1.68. The third kappa shape index (κ3) is 4.71. The lowest BCUT2D eigenvalue weighted by molar-refractivity contribution is 0.0977. The zero-order valence-corrected chi connectivity index (χ0v) is 15.4. The van der Waals surface area contributed by atoms with Gasteiger partial charge < -0.3 is 10.2 Å². The topological polar surface area (TPSA) is 44.4 Å². The first kappa shape index (κ1) is 17.7. The number of carbonyl (C=O) groups excluding carboxylic acids is 1. The molecule has 4 nitrogen and oxygen atoms in total. The number of thiocarbonyl (C=S) groups is 1. The van der Waals surface area contributed by atoms with Gasteiger partial charge in [-0.15, -0.1) is 0 Å². The molecule has 3 rings (SSSR count). The zero-order chi connectivity index (χ0) is 17.6. The average Bonchev–Trinajstić information content (AvgIpc) is 2.63. The molecule has 25 heavy (non-hydrogen) atoms. The molecule has 1 heterocycles. The number of amides is 1. The lowest BCUT2D eigenvalue weighted by Gasteiger charge is -2.30. The summed E-state index contributed by atoms with van der Waals surface area (Å²) in [6, 6.07) is 14.8. The molecule has 1 amide bonds. The molecule has 2 aromatic carbocycles. The van der Waals surface area contributed by atoms with E-state index < -0.39 is 0 Å². The van der Waals surface area contributed by atoms with Crippen LogP contribution in [-0.2, 0) is 0 Å². The average molecular weight is 374 g/mol. The van der Waals surface area contributed by atoms with E-state index in [1.54, 1.807) is 24.3 Å². The van der Waals surface area contributed by atoms with Crippen LogP contribution in [0.15, 0.2) is 48.5 Å². The third-order valence-corrected chi connectivity index (χ3v) is 4.60. The summed E-state index contributed by atoms with van der Waals surface area (Å²) in [5, 5.41) is 6.64. The largest absolute Gasteiger partial charge is 0.370 e. The van der Waals surface area contributed by atoms with Crippen LogP contribution in [0.5, 0.6) is 0 Å². The van der Waals surface area contributed by atoms with Gasteiger partial charge in [-0.05, 0) is 61.8 Å². The van der Waals surface area contributed by atoms with Crippen LogP contribution >= 0.6 is 23.8 Å². The van der Waals surface area contributed by atoms with E-state index in [2.05, 4.69) is 21.6 Å². The summed E-state index contributed by atoms with van der Waals surface area (Å²) in [7, 11) is 0. The fraction of sp³-hybridized carbons (Fsp3) is 0.263. The van der Waals surface area contributed by atoms with Gasteiger partial charge in [0.2, 0.25) is 0 Å². The van der Waals surface area contributed by atoms with Crippen LogP contribution in [-0.4, -0.2) is 24.1 Å². The summed E-state index contributed by atoms with van der Waals surface area (Å²) in [5.41, 5.74) is 2.49. The highest BCUT2D eigenvalue weighted by Crippen LogP contribution is 2.28. The molecular weight excluding hydrogens is 354 g/mol. The highest BCUT2D eigenvalue weighted by atomic mass is 35.5. The molecule has 0 atom stereocenters. The number of halogens is 1. The maximum absolute atomic E-state index is 12.3. The molecule has 0 aromatic heterocycles. The number of rotatable bonds is 3. The Morgan fingerprint density at radius 2 is 1.80 bits per heavy atom. The Kier molecular flexibility index (Phi) is 5.89. The van der Waals surface area contributed by atoms with Crippen LogP contribution in [0.1, 0.15) is 29.6 Å². The Morgan fingerprint density at radius 3 is 2.56 bits per heavy atom. The van der Waals surface area contributed by atoms with E-state index >= 15 is 0 Å². The van der Waals surface area contributed by atoms with Crippen molar-refractivity contribution in [2.24, 2.45) is 0 Å². The smallest absolute Gasteiger partial charge is 0.257 e. The zero-order valence-electron chi connectivity index (χ0n) is 13.8. The van der Waals surface area contributed by atoms with Crippen LogP contribution in [0.4, 0.5) is 11.4 Å². The van der Waals surface area contributed by atoms with Gasteiger partial charge in [0.25, 0.3) is 5.91 Å². The fourth-order valence-electron chi connectivity index (χ4n) is 2.95. The molecule has 0 aliphatic carbocycles. The molecule has 6 heteroatoms. The second-order valence-corrected chi connectivity index (χ2v) is 6.83. The van der Waals surface area contributed by atoms with Crippen molar-refractivity contribution in [2.75, 3.05) is 23.3 Å². The number of nitrogens with one attached hydrogen (secondary N) is 2. The number of piperidine rings is 1. The highest BCUT2D eigenvalue weighted by Gasteiger charge is 2.15. The van der Waals surface area contributed by atoms with Gasteiger partial charge in [-0.25, -0.2) is 0 Å². The van der Waals surface area contributed by atoms with E-state index in [1.807, 2.05) is 18.2 Å². The minimum Gasteiger partial charge on any atom is -0.370 e. The molecular formula is C19H20ClN3OS. The number of carbonyl (C=O) groups is 1. The number of nitrogens with zero attached hydrogens (tertiary/aromatic N) is 1. The van der Waals surface area contributed by atoms with E-state index in [0.29, 0.717) is 10.6 Å².